The molecule has 5 nitrogen and oxygen atoms in total. The Bertz CT molecular complexity index is 408. The molecule has 1 heterocycles. The Kier molecular flexibility index (Phi) is 6.11. The van der Waals surface area contributed by atoms with Gasteiger partial charge in [-0.15, -0.1) is 0 Å². The summed E-state index contributed by atoms with van der Waals surface area (Å²) in [6.07, 6.45) is 5.21. The summed E-state index contributed by atoms with van der Waals surface area (Å²) in [5.74, 6) is -0.221. The lowest BCUT2D eigenvalue weighted by atomic mass is 10.1. The largest absolute Gasteiger partial charge is 0.348 e. The van der Waals surface area contributed by atoms with Crippen molar-refractivity contribution in [1.82, 2.24) is 15.5 Å². The second-order valence-corrected chi connectivity index (χ2v) is 4.41. The maximum absolute atomic E-state index is 11.9. The number of carbonyl (C=O) groups is 1. The van der Waals surface area contributed by atoms with Gasteiger partial charge in [-0.05, 0) is 18.9 Å². The molecule has 1 rings (SSSR count). The van der Waals surface area contributed by atoms with Crippen LogP contribution in [0.25, 0.3) is 0 Å². The predicted molar refractivity (Wildman–Crippen MR) is 70.5 cm³/mol. The fraction of sp³-hybridized carbons (Fsp3) is 0.615. The predicted octanol–water partition coefficient (Wildman–Crippen LogP) is 1.86. The van der Waals surface area contributed by atoms with Gasteiger partial charge in [0.2, 0.25) is 0 Å². The van der Waals surface area contributed by atoms with E-state index in [1.165, 1.54) is 12.1 Å². The van der Waals surface area contributed by atoms with Crippen molar-refractivity contribution in [2.45, 2.75) is 52.0 Å². The molecule has 0 aromatic carbocycles. The molecular formula is C13H21N3O2. The Labute approximate surface area is 107 Å². The van der Waals surface area contributed by atoms with Gasteiger partial charge in [0.05, 0.1) is 0 Å². The minimum absolute atomic E-state index is 0.191. The lowest BCUT2D eigenvalue weighted by Crippen LogP contribution is -2.35. The van der Waals surface area contributed by atoms with Crippen molar-refractivity contribution in [3.8, 4) is 0 Å². The molecule has 0 aliphatic carbocycles. The Morgan fingerprint density at radius 2 is 2.11 bits per heavy atom. The van der Waals surface area contributed by atoms with Crippen LogP contribution in [0.15, 0.2) is 16.9 Å². The molecule has 0 aliphatic heterocycles. The van der Waals surface area contributed by atoms with Gasteiger partial charge in [0, 0.05) is 12.1 Å². The molecule has 0 radical (unpaired) electrons. The Morgan fingerprint density at radius 3 is 2.67 bits per heavy atom. The molecule has 0 saturated carbocycles. The van der Waals surface area contributed by atoms with Crippen molar-refractivity contribution in [2.75, 3.05) is 0 Å². The topological polar surface area (TPSA) is 74.8 Å². The summed E-state index contributed by atoms with van der Waals surface area (Å²) < 4.78 is 0. The molecule has 0 saturated heterocycles. The molecule has 5 heteroatoms. The zero-order valence-corrected chi connectivity index (χ0v) is 11.0. The molecule has 1 aromatic heterocycles. The normalized spacial score (nSPS) is 12.1. The van der Waals surface area contributed by atoms with E-state index >= 15 is 0 Å². The third-order valence-corrected chi connectivity index (χ3v) is 2.79. The van der Waals surface area contributed by atoms with Crippen LogP contribution in [0.2, 0.25) is 0 Å². The van der Waals surface area contributed by atoms with E-state index in [9.17, 15) is 9.59 Å². The van der Waals surface area contributed by atoms with Crippen LogP contribution < -0.4 is 10.9 Å². The van der Waals surface area contributed by atoms with Crippen LogP contribution in [-0.4, -0.2) is 22.1 Å². The summed E-state index contributed by atoms with van der Waals surface area (Å²) >= 11 is 0. The number of rotatable bonds is 7. The van der Waals surface area contributed by atoms with Gasteiger partial charge in [-0.3, -0.25) is 9.59 Å². The quantitative estimate of drug-likeness (QED) is 0.776. The molecule has 1 aromatic rings. The van der Waals surface area contributed by atoms with E-state index in [0.717, 1.165) is 32.1 Å². The van der Waals surface area contributed by atoms with E-state index in [2.05, 4.69) is 29.4 Å². The third-order valence-electron chi connectivity index (χ3n) is 2.79. The van der Waals surface area contributed by atoms with Crippen LogP contribution in [0.5, 0.6) is 0 Å². The first-order valence-corrected chi connectivity index (χ1v) is 6.54. The number of H-pyrrole nitrogens is 1. The highest BCUT2D eigenvalue weighted by molar-refractivity contribution is 5.92. The van der Waals surface area contributed by atoms with Crippen molar-refractivity contribution in [3.05, 3.63) is 28.2 Å². The molecule has 1 unspecified atom stereocenters. The van der Waals surface area contributed by atoms with E-state index in [0.29, 0.717) is 0 Å². The van der Waals surface area contributed by atoms with Crippen molar-refractivity contribution < 1.29 is 4.79 Å². The molecular weight excluding hydrogens is 230 g/mol. The van der Waals surface area contributed by atoms with E-state index in [-0.39, 0.29) is 23.2 Å². The number of nitrogens with one attached hydrogen (secondary N) is 2. The maximum atomic E-state index is 11.9. The first-order chi connectivity index (χ1) is 8.67. The van der Waals surface area contributed by atoms with Gasteiger partial charge in [0.25, 0.3) is 11.5 Å². The van der Waals surface area contributed by atoms with Crippen LogP contribution in [0.3, 0.4) is 0 Å². The van der Waals surface area contributed by atoms with Gasteiger partial charge in [-0.2, -0.15) is 5.10 Å². The number of amides is 1. The summed E-state index contributed by atoms with van der Waals surface area (Å²) in [7, 11) is 0. The van der Waals surface area contributed by atoms with Gasteiger partial charge in [-0.25, -0.2) is 5.10 Å². The summed E-state index contributed by atoms with van der Waals surface area (Å²) in [6, 6.07) is 2.94. The van der Waals surface area contributed by atoms with Gasteiger partial charge in [-0.1, -0.05) is 33.1 Å². The minimum atomic E-state index is -0.303. The summed E-state index contributed by atoms with van der Waals surface area (Å²) in [6.45, 7) is 4.23. The lowest BCUT2D eigenvalue weighted by Gasteiger charge is -2.17. The second kappa shape index (κ2) is 7.63. The third kappa shape index (κ3) is 4.69. The van der Waals surface area contributed by atoms with E-state index in [1.54, 1.807) is 0 Å². The highest BCUT2D eigenvalue weighted by atomic mass is 16.2. The van der Waals surface area contributed by atoms with Crippen molar-refractivity contribution in [1.29, 1.82) is 0 Å². The zero-order chi connectivity index (χ0) is 13.4. The first kappa shape index (κ1) is 14.4. The Morgan fingerprint density at radius 1 is 1.33 bits per heavy atom. The van der Waals surface area contributed by atoms with Crippen LogP contribution in [0.4, 0.5) is 0 Å². The molecule has 2 N–H and O–H groups in total. The zero-order valence-electron chi connectivity index (χ0n) is 11.0. The van der Waals surface area contributed by atoms with Crippen molar-refractivity contribution >= 4 is 5.91 Å². The average Bonchev–Trinajstić information content (AvgIpc) is 2.37. The standard InChI is InChI=1S/C13H21N3O2/c1-3-5-7-10(6-4-2)14-13(18)11-8-9-12(17)16-15-11/h8-10H,3-7H2,1-2H3,(H,14,18)(H,16,17). The summed E-state index contributed by atoms with van der Waals surface area (Å²) in [4.78, 5) is 22.8. The Hall–Kier alpha value is -1.65. The fourth-order valence-corrected chi connectivity index (χ4v) is 1.82. The SMILES string of the molecule is CCCCC(CCC)NC(=O)c1ccc(=O)[nH]n1. The number of aromatic nitrogens is 2. The van der Waals surface area contributed by atoms with Crippen LogP contribution in [0.1, 0.15) is 56.4 Å². The summed E-state index contributed by atoms with van der Waals surface area (Å²) in [5.41, 5.74) is -0.0464. The highest BCUT2D eigenvalue weighted by Crippen LogP contribution is 2.07. The average molecular weight is 251 g/mol. The van der Waals surface area contributed by atoms with Crippen LogP contribution in [-0.2, 0) is 0 Å². The van der Waals surface area contributed by atoms with Gasteiger partial charge in [0.15, 0.2) is 0 Å². The Balaban J connectivity index is 2.59. The monoisotopic (exact) mass is 251 g/mol. The molecule has 1 amide bonds. The first-order valence-electron chi connectivity index (χ1n) is 6.54. The minimum Gasteiger partial charge on any atom is -0.348 e. The van der Waals surface area contributed by atoms with Crippen molar-refractivity contribution in [2.24, 2.45) is 0 Å². The number of nitrogens with zero attached hydrogens (tertiary/aromatic N) is 1. The number of hydrogen-bond acceptors (Lipinski definition) is 3. The van der Waals surface area contributed by atoms with Crippen LogP contribution >= 0.6 is 0 Å². The molecule has 0 fully saturated rings. The number of carbonyl (C=O) groups excluding carboxylic acids is 1. The van der Waals surface area contributed by atoms with E-state index in [1.807, 2.05) is 0 Å². The highest BCUT2D eigenvalue weighted by Gasteiger charge is 2.13. The van der Waals surface area contributed by atoms with Gasteiger partial charge in [0.1, 0.15) is 5.69 Å². The molecule has 100 valence electrons. The number of unbranched alkanes of at least 4 members (excludes halogenated alkanes) is 1. The smallest absolute Gasteiger partial charge is 0.271 e. The number of hydrogen-bond donors (Lipinski definition) is 2. The molecule has 18 heavy (non-hydrogen) atoms. The maximum Gasteiger partial charge on any atom is 0.271 e. The fourth-order valence-electron chi connectivity index (χ4n) is 1.82. The van der Waals surface area contributed by atoms with Crippen molar-refractivity contribution in [3.63, 3.8) is 0 Å². The van der Waals surface area contributed by atoms with Gasteiger partial charge < -0.3 is 5.32 Å². The summed E-state index contributed by atoms with van der Waals surface area (Å²) in [5, 5.41) is 8.95. The van der Waals surface area contributed by atoms with Crippen LogP contribution in [0, 0.1) is 0 Å². The van der Waals surface area contributed by atoms with Gasteiger partial charge >= 0.3 is 0 Å². The van der Waals surface area contributed by atoms with E-state index in [4.69, 9.17) is 0 Å². The molecule has 1 atom stereocenters. The second-order valence-electron chi connectivity index (χ2n) is 4.41. The number of aromatic amines is 1. The molecule has 0 spiro atoms. The molecule has 0 bridgehead atoms. The molecule has 0 aliphatic rings. The lowest BCUT2D eigenvalue weighted by molar-refractivity contribution is 0.0926. The van der Waals surface area contributed by atoms with E-state index < -0.39 is 0 Å².